The third-order valence-corrected chi connectivity index (χ3v) is 3.88. The van der Waals surface area contributed by atoms with E-state index in [4.69, 9.17) is 9.47 Å². The smallest absolute Gasteiger partial charge is 0.154 e. The van der Waals surface area contributed by atoms with Crippen LogP contribution < -0.4 is 14.8 Å². The van der Waals surface area contributed by atoms with Crippen molar-refractivity contribution in [1.29, 1.82) is 0 Å². The summed E-state index contributed by atoms with van der Waals surface area (Å²) in [6, 6.07) is 13.4. The Labute approximate surface area is 158 Å². The van der Waals surface area contributed by atoms with Gasteiger partial charge in [-0.1, -0.05) is 24.3 Å². The highest BCUT2D eigenvalue weighted by atomic mass is 35.5. The molecule has 2 aromatic carbocycles. The molecule has 8 heteroatoms. The Morgan fingerprint density at radius 2 is 1.92 bits per heavy atom. The average molecular weight is 379 g/mol. The maximum Gasteiger partial charge on any atom is 0.154 e. The third kappa shape index (κ3) is 5.08. The highest BCUT2D eigenvalue weighted by Gasteiger charge is 2.09. The number of methoxy groups -OCH3 is 1. The standard InChI is InChI=1S/C18H22N4O3.ClH/c1-24-16-7-3-2-5-13(16)9-10-19-11-14(23)12-25-17-8-4-6-15-18(17)21-22-20-15;/h2-8,14,19,23H,9-12H2,1H3,(H,20,21,22);1H. The van der Waals surface area contributed by atoms with Crippen LogP contribution in [0.1, 0.15) is 5.56 Å². The lowest BCUT2D eigenvalue weighted by atomic mass is 10.1. The Balaban J connectivity index is 0.00000243. The zero-order chi connectivity index (χ0) is 17.5. The minimum atomic E-state index is -0.611. The van der Waals surface area contributed by atoms with E-state index in [-0.39, 0.29) is 19.0 Å². The van der Waals surface area contributed by atoms with Crippen molar-refractivity contribution in [2.24, 2.45) is 0 Å². The number of aliphatic hydroxyl groups excluding tert-OH is 1. The number of rotatable bonds is 9. The molecule has 1 heterocycles. The van der Waals surface area contributed by atoms with E-state index < -0.39 is 6.10 Å². The Kier molecular flexibility index (Phi) is 7.65. The summed E-state index contributed by atoms with van der Waals surface area (Å²) in [5, 5.41) is 23.9. The molecule has 0 saturated carbocycles. The number of ether oxygens (including phenoxy) is 2. The predicted molar refractivity (Wildman–Crippen MR) is 102 cm³/mol. The summed E-state index contributed by atoms with van der Waals surface area (Å²) in [6.45, 7) is 1.38. The molecule has 1 aromatic heterocycles. The van der Waals surface area contributed by atoms with E-state index in [1.54, 1.807) is 7.11 Å². The van der Waals surface area contributed by atoms with Gasteiger partial charge in [0.15, 0.2) is 5.52 Å². The normalized spacial score (nSPS) is 11.8. The van der Waals surface area contributed by atoms with Crippen LogP contribution in [0.3, 0.4) is 0 Å². The van der Waals surface area contributed by atoms with Crippen molar-refractivity contribution < 1.29 is 14.6 Å². The van der Waals surface area contributed by atoms with E-state index in [0.717, 1.165) is 29.8 Å². The van der Waals surface area contributed by atoms with Gasteiger partial charge in [-0.25, -0.2) is 0 Å². The summed E-state index contributed by atoms with van der Waals surface area (Å²) < 4.78 is 11.0. The molecule has 140 valence electrons. The minimum Gasteiger partial charge on any atom is -0.496 e. The van der Waals surface area contributed by atoms with E-state index in [1.807, 2.05) is 42.5 Å². The first-order valence-electron chi connectivity index (χ1n) is 8.21. The molecular formula is C18H23ClN4O3. The number of fused-ring (bicyclic) bond motifs is 1. The zero-order valence-electron chi connectivity index (χ0n) is 14.5. The molecular weight excluding hydrogens is 356 g/mol. The van der Waals surface area contributed by atoms with Crippen molar-refractivity contribution in [3.05, 3.63) is 48.0 Å². The van der Waals surface area contributed by atoms with Crippen LogP contribution in [0.5, 0.6) is 11.5 Å². The van der Waals surface area contributed by atoms with E-state index in [1.165, 1.54) is 0 Å². The number of H-pyrrole nitrogens is 1. The molecule has 0 aliphatic carbocycles. The fourth-order valence-electron chi connectivity index (χ4n) is 2.60. The topological polar surface area (TPSA) is 92.3 Å². The second kappa shape index (κ2) is 9.96. The van der Waals surface area contributed by atoms with E-state index in [0.29, 0.717) is 17.8 Å². The molecule has 0 fully saturated rings. The third-order valence-electron chi connectivity index (χ3n) is 3.88. The lowest BCUT2D eigenvalue weighted by Crippen LogP contribution is -2.32. The van der Waals surface area contributed by atoms with Crippen molar-refractivity contribution in [3.8, 4) is 11.5 Å². The molecule has 3 aromatic rings. The zero-order valence-corrected chi connectivity index (χ0v) is 15.3. The van der Waals surface area contributed by atoms with Crippen molar-refractivity contribution in [1.82, 2.24) is 20.7 Å². The minimum absolute atomic E-state index is 0. The highest BCUT2D eigenvalue weighted by Crippen LogP contribution is 2.21. The number of nitrogens with one attached hydrogen (secondary N) is 2. The summed E-state index contributed by atoms with van der Waals surface area (Å²) in [6.07, 6.45) is 0.218. The summed E-state index contributed by atoms with van der Waals surface area (Å²) in [5.41, 5.74) is 2.54. The molecule has 0 spiro atoms. The number of hydrogen-bond donors (Lipinski definition) is 3. The maximum atomic E-state index is 10.1. The number of aromatic nitrogens is 3. The maximum absolute atomic E-state index is 10.1. The van der Waals surface area contributed by atoms with Crippen LogP contribution in [0.15, 0.2) is 42.5 Å². The number of para-hydroxylation sites is 2. The van der Waals surface area contributed by atoms with Gasteiger partial charge in [0, 0.05) is 6.54 Å². The lowest BCUT2D eigenvalue weighted by Gasteiger charge is -2.14. The van der Waals surface area contributed by atoms with Crippen LogP contribution in [-0.2, 0) is 6.42 Å². The average Bonchev–Trinajstić information content (AvgIpc) is 3.13. The largest absolute Gasteiger partial charge is 0.496 e. The Morgan fingerprint density at radius 3 is 2.77 bits per heavy atom. The van der Waals surface area contributed by atoms with Gasteiger partial charge < -0.3 is 19.9 Å². The summed E-state index contributed by atoms with van der Waals surface area (Å²) in [5.74, 6) is 1.49. The quantitative estimate of drug-likeness (QED) is 0.493. The summed E-state index contributed by atoms with van der Waals surface area (Å²) >= 11 is 0. The van der Waals surface area contributed by atoms with Gasteiger partial charge in [0.25, 0.3) is 0 Å². The molecule has 7 nitrogen and oxygen atoms in total. The van der Waals surface area contributed by atoms with Crippen LogP contribution in [0, 0.1) is 0 Å². The molecule has 0 aliphatic rings. The Morgan fingerprint density at radius 1 is 1.12 bits per heavy atom. The van der Waals surface area contributed by atoms with Gasteiger partial charge in [-0.3, -0.25) is 0 Å². The second-order valence-corrected chi connectivity index (χ2v) is 5.68. The van der Waals surface area contributed by atoms with Crippen molar-refractivity contribution in [2.75, 3.05) is 26.8 Å². The van der Waals surface area contributed by atoms with Crippen LogP contribution in [0.25, 0.3) is 11.0 Å². The number of nitrogens with zero attached hydrogens (tertiary/aromatic N) is 2. The van der Waals surface area contributed by atoms with Crippen LogP contribution >= 0.6 is 12.4 Å². The number of aliphatic hydroxyl groups is 1. The van der Waals surface area contributed by atoms with Gasteiger partial charge in [0.2, 0.25) is 0 Å². The molecule has 1 atom stereocenters. The summed E-state index contributed by atoms with van der Waals surface area (Å²) in [4.78, 5) is 0. The van der Waals surface area contributed by atoms with Gasteiger partial charge in [-0.2, -0.15) is 15.4 Å². The highest BCUT2D eigenvalue weighted by molar-refractivity contribution is 5.85. The van der Waals surface area contributed by atoms with Crippen molar-refractivity contribution >= 4 is 23.4 Å². The first-order chi connectivity index (χ1) is 12.3. The number of benzene rings is 2. The van der Waals surface area contributed by atoms with Crippen molar-refractivity contribution in [2.45, 2.75) is 12.5 Å². The van der Waals surface area contributed by atoms with Crippen LogP contribution in [-0.4, -0.2) is 53.4 Å². The van der Waals surface area contributed by atoms with Gasteiger partial charge >= 0.3 is 0 Å². The van der Waals surface area contributed by atoms with Gasteiger partial charge in [-0.15, -0.1) is 12.4 Å². The van der Waals surface area contributed by atoms with E-state index in [2.05, 4.69) is 20.7 Å². The van der Waals surface area contributed by atoms with Gasteiger partial charge in [0.1, 0.15) is 29.7 Å². The van der Waals surface area contributed by atoms with Crippen LogP contribution in [0.2, 0.25) is 0 Å². The Bertz CT molecular complexity index is 812. The first-order valence-corrected chi connectivity index (χ1v) is 8.21. The molecule has 3 N–H and O–H groups in total. The fourth-order valence-corrected chi connectivity index (χ4v) is 2.60. The van der Waals surface area contributed by atoms with Gasteiger partial charge in [0.05, 0.1) is 7.11 Å². The number of halogens is 1. The van der Waals surface area contributed by atoms with Gasteiger partial charge in [-0.05, 0) is 36.7 Å². The fraction of sp³-hybridized carbons (Fsp3) is 0.333. The molecule has 0 saturated heterocycles. The van der Waals surface area contributed by atoms with E-state index in [9.17, 15) is 5.11 Å². The molecule has 0 bridgehead atoms. The first kappa shape index (κ1) is 20.0. The molecule has 26 heavy (non-hydrogen) atoms. The molecule has 1 unspecified atom stereocenters. The molecule has 3 rings (SSSR count). The Hall–Kier alpha value is -2.35. The van der Waals surface area contributed by atoms with Crippen molar-refractivity contribution in [3.63, 3.8) is 0 Å². The number of hydrogen-bond acceptors (Lipinski definition) is 6. The lowest BCUT2D eigenvalue weighted by molar-refractivity contribution is 0.107. The predicted octanol–water partition coefficient (Wildman–Crippen LogP) is 1.96. The second-order valence-electron chi connectivity index (χ2n) is 5.68. The number of aromatic amines is 1. The molecule has 0 aliphatic heterocycles. The van der Waals surface area contributed by atoms with E-state index >= 15 is 0 Å². The SMILES string of the molecule is COc1ccccc1CCNCC(O)COc1cccc2n[nH]nc12.Cl. The summed E-state index contributed by atoms with van der Waals surface area (Å²) in [7, 11) is 1.67. The molecule has 0 amide bonds. The monoisotopic (exact) mass is 378 g/mol. The molecule has 0 radical (unpaired) electrons. The van der Waals surface area contributed by atoms with Crippen LogP contribution in [0.4, 0.5) is 0 Å².